The lowest BCUT2D eigenvalue weighted by Gasteiger charge is -2.21. The summed E-state index contributed by atoms with van der Waals surface area (Å²) in [7, 11) is -0.705. The monoisotopic (exact) mass is 532 g/mol. The molecule has 0 amide bonds. The summed E-state index contributed by atoms with van der Waals surface area (Å²) in [6, 6.07) is 53.9. The van der Waals surface area contributed by atoms with E-state index in [0.29, 0.717) is 0 Å². The zero-order valence-corrected chi connectivity index (χ0v) is 24.2. The Bertz CT molecular complexity index is 1480. The van der Waals surface area contributed by atoms with Gasteiger partial charge in [-0.3, -0.25) is 0 Å². The van der Waals surface area contributed by atoms with Crippen LogP contribution >= 0.6 is 7.92 Å². The molecular formula is C39H33P. The first kappa shape index (κ1) is 26.0. The Morgan fingerprint density at radius 2 is 0.425 bits per heavy atom. The van der Waals surface area contributed by atoms with Gasteiger partial charge >= 0.3 is 0 Å². The van der Waals surface area contributed by atoms with Gasteiger partial charge in [-0.2, -0.15) is 0 Å². The third kappa shape index (κ3) is 5.69. The number of hydrogen-bond donors (Lipinski definition) is 0. The van der Waals surface area contributed by atoms with E-state index in [9.17, 15) is 0 Å². The van der Waals surface area contributed by atoms with Crippen molar-refractivity contribution in [1.29, 1.82) is 0 Å². The first-order valence-corrected chi connectivity index (χ1v) is 15.2. The molecule has 0 saturated carbocycles. The van der Waals surface area contributed by atoms with Crippen LogP contribution in [0.1, 0.15) is 16.7 Å². The Morgan fingerprint density at radius 3 is 0.625 bits per heavy atom. The third-order valence-corrected chi connectivity index (χ3v) is 9.97. The molecule has 6 aromatic rings. The van der Waals surface area contributed by atoms with Crippen LogP contribution in [0.5, 0.6) is 0 Å². The first-order chi connectivity index (χ1) is 19.5. The van der Waals surface area contributed by atoms with Gasteiger partial charge in [-0.15, -0.1) is 0 Å². The van der Waals surface area contributed by atoms with Gasteiger partial charge in [0, 0.05) is 0 Å². The molecule has 0 N–H and O–H groups in total. The molecule has 0 bridgehead atoms. The van der Waals surface area contributed by atoms with Gasteiger partial charge in [0.25, 0.3) is 0 Å². The van der Waals surface area contributed by atoms with E-state index in [2.05, 4.69) is 166 Å². The maximum Gasteiger partial charge on any atom is -0.0134 e. The van der Waals surface area contributed by atoms with Crippen LogP contribution in [0.3, 0.4) is 0 Å². The fraction of sp³-hybridized carbons (Fsp3) is 0.0769. The Kier molecular flexibility index (Phi) is 7.45. The van der Waals surface area contributed by atoms with Gasteiger partial charge in [-0.05, 0) is 78.0 Å². The number of benzene rings is 6. The molecule has 0 heterocycles. The number of rotatable bonds is 6. The standard InChI is InChI=1S/C39H33P/c1-28-4-10-31(11-5-28)34-16-22-37(23-17-34)40(38-24-18-35(19-25-38)32-12-6-29(2)7-13-32)39-26-20-36(21-27-39)33-14-8-30(3)9-15-33/h4-27H,1-3H3. The summed E-state index contributed by atoms with van der Waals surface area (Å²) in [5, 5.41) is 4.08. The smallest absolute Gasteiger partial charge is 0.0134 e. The van der Waals surface area contributed by atoms with Crippen LogP contribution < -0.4 is 15.9 Å². The van der Waals surface area contributed by atoms with Gasteiger partial charge in [-0.1, -0.05) is 162 Å². The molecule has 1 heteroatoms. The average molecular weight is 533 g/mol. The van der Waals surface area contributed by atoms with Gasteiger partial charge < -0.3 is 0 Å². The SMILES string of the molecule is Cc1ccc(-c2ccc(P(c3ccc(-c4ccc(C)cc4)cc3)c3ccc(-c4ccc(C)cc4)cc3)cc2)cc1. The van der Waals surface area contributed by atoms with Crippen molar-refractivity contribution in [2.24, 2.45) is 0 Å². The minimum absolute atomic E-state index is 0.705. The molecular weight excluding hydrogens is 499 g/mol. The molecule has 0 unspecified atom stereocenters. The van der Waals surface area contributed by atoms with Crippen molar-refractivity contribution in [1.82, 2.24) is 0 Å². The van der Waals surface area contributed by atoms with E-state index in [-0.39, 0.29) is 0 Å². The van der Waals surface area contributed by atoms with Crippen LogP contribution in [0.4, 0.5) is 0 Å². The molecule has 0 spiro atoms. The summed E-state index contributed by atoms with van der Waals surface area (Å²) >= 11 is 0. The molecule has 0 aromatic heterocycles. The maximum absolute atomic E-state index is 2.32. The lowest BCUT2D eigenvalue weighted by Crippen LogP contribution is -2.20. The Balaban J connectivity index is 1.37. The van der Waals surface area contributed by atoms with Crippen molar-refractivity contribution in [2.75, 3.05) is 0 Å². The second-order valence-electron chi connectivity index (χ2n) is 10.6. The fourth-order valence-corrected chi connectivity index (χ4v) is 7.33. The highest BCUT2D eigenvalue weighted by Gasteiger charge is 2.17. The highest BCUT2D eigenvalue weighted by molar-refractivity contribution is 7.79. The van der Waals surface area contributed by atoms with Crippen molar-refractivity contribution in [3.05, 3.63) is 162 Å². The zero-order valence-electron chi connectivity index (χ0n) is 23.3. The van der Waals surface area contributed by atoms with E-state index in [1.165, 1.54) is 66.0 Å². The van der Waals surface area contributed by atoms with Crippen LogP contribution in [0, 0.1) is 20.8 Å². The fourth-order valence-electron chi connectivity index (χ4n) is 5.09. The van der Waals surface area contributed by atoms with Crippen LogP contribution in [-0.4, -0.2) is 0 Å². The molecule has 0 radical (unpaired) electrons. The van der Waals surface area contributed by atoms with Crippen molar-refractivity contribution < 1.29 is 0 Å². The summed E-state index contributed by atoms with van der Waals surface area (Å²) in [6.45, 7) is 6.40. The first-order valence-electron chi connectivity index (χ1n) is 13.8. The molecule has 194 valence electrons. The summed E-state index contributed by atoms with van der Waals surface area (Å²) in [5.41, 5.74) is 11.4. The third-order valence-electron chi connectivity index (χ3n) is 7.53. The van der Waals surface area contributed by atoms with Gasteiger partial charge in [0.05, 0.1) is 0 Å². The molecule has 0 nitrogen and oxygen atoms in total. The molecule has 0 aliphatic carbocycles. The summed E-state index contributed by atoms with van der Waals surface area (Å²) in [5.74, 6) is 0. The molecule has 0 atom stereocenters. The predicted octanol–water partition coefficient (Wildman–Crippen LogP) is 9.37. The summed E-state index contributed by atoms with van der Waals surface area (Å²) < 4.78 is 0. The lowest BCUT2D eigenvalue weighted by atomic mass is 10.0. The minimum Gasteiger partial charge on any atom is -0.0587 e. The molecule has 0 saturated heterocycles. The zero-order chi connectivity index (χ0) is 27.5. The topological polar surface area (TPSA) is 0 Å². The van der Waals surface area contributed by atoms with Crippen molar-refractivity contribution in [3.63, 3.8) is 0 Å². The molecule has 40 heavy (non-hydrogen) atoms. The van der Waals surface area contributed by atoms with Crippen molar-refractivity contribution in [2.45, 2.75) is 20.8 Å². The molecule has 6 rings (SSSR count). The highest BCUT2D eigenvalue weighted by Crippen LogP contribution is 2.35. The summed E-state index contributed by atoms with van der Waals surface area (Å²) in [4.78, 5) is 0. The molecule has 0 aliphatic rings. The largest absolute Gasteiger partial charge is 0.0587 e. The average Bonchev–Trinajstić information content (AvgIpc) is 3.00. The van der Waals surface area contributed by atoms with Crippen LogP contribution in [0.25, 0.3) is 33.4 Å². The normalized spacial score (nSPS) is 11.1. The van der Waals surface area contributed by atoms with Crippen LogP contribution in [0.15, 0.2) is 146 Å². The Hall–Kier alpha value is -4.25. The number of hydrogen-bond acceptors (Lipinski definition) is 0. The van der Waals surface area contributed by atoms with Gasteiger partial charge in [-0.25, -0.2) is 0 Å². The van der Waals surface area contributed by atoms with Crippen molar-refractivity contribution >= 4 is 23.8 Å². The second-order valence-corrected chi connectivity index (χ2v) is 12.8. The predicted molar refractivity (Wildman–Crippen MR) is 176 cm³/mol. The van der Waals surface area contributed by atoms with Gasteiger partial charge in [0.15, 0.2) is 0 Å². The minimum atomic E-state index is -0.705. The van der Waals surface area contributed by atoms with E-state index < -0.39 is 7.92 Å². The van der Waals surface area contributed by atoms with Crippen LogP contribution in [0.2, 0.25) is 0 Å². The van der Waals surface area contributed by atoms with Crippen LogP contribution in [-0.2, 0) is 0 Å². The van der Waals surface area contributed by atoms with E-state index in [1.54, 1.807) is 0 Å². The van der Waals surface area contributed by atoms with E-state index in [4.69, 9.17) is 0 Å². The van der Waals surface area contributed by atoms with E-state index in [0.717, 1.165) is 0 Å². The Morgan fingerprint density at radius 1 is 0.250 bits per heavy atom. The quantitative estimate of drug-likeness (QED) is 0.188. The molecule has 6 aromatic carbocycles. The summed E-state index contributed by atoms with van der Waals surface area (Å²) in [6.07, 6.45) is 0. The van der Waals surface area contributed by atoms with Crippen molar-refractivity contribution in [3.8, 4) is 33.4 Å². The van der Waals surface area contributed by atoms with E-state index >= 15 is 0 Å². The highest BCUT2D eigenvalue weighted by atomic mass is 31.1. The molecule has 0 aliphatic heterocycles. The Labute approximate surface area is 239 Å². The lowest BCUT2D eigenvalue weighted by molar-refractivity contribution is 1.47. The molecule has 0 fully saturated rings. The number of aryl methyl sites for hydroxylation is 3. The van der Waals surface area contributed by atoms with E-state index in [1.807, 2.05) is 0 Å². The van der Waals surface area contributed by atoms with Gasteiger partial charge in [0.1, 0.15) is 0 Å². The van der Waals surface area contributed by atoms with Gasteiger partial charge in [0.2, 0.25) is 0 Å². The maximum atomic E-state index is 2.32. The second kappa shape index (κ2) is 11.5.